The van der Waals surface area contributed by atoms with Crippen LogP contribution in [0.4, 0.5) is 0 Å². The molecule has 0 saturated carbocycles. The minimum absolute atomic E-state index is 0.309. The summed E-state index contributed by atoms with van der Waals surface area (Å²) in [5.41, 5.74) is 0.384. The zero-order valence-corrected chi connectivity index (χ0v) is 6.99. The summed E-state index contributed by atoms with van der Waals surface area (Å²) in [6, 6.07) is 2.99. The van der Waals surface area contributed by atoms with E-state index >= 15 is 0 Å². The number of hydrogen-bond acceptors (Lipinski definition) is 3. The molecule has 2 N–H and O–H groups in total. The molecule has 0 saturated heterocycles. The normalized spacial score (nSPS) is 11.4. The molecule has 0 aliphatic heterocycles. The van der Waals surface area contributed by atoms with Crippen molar-refractivity contribution in [3.05, 3.63) is 35.3 Å². The molecule has 12 heavy (non-hydrogen) atoms. The van der Waals surface area contributed by atoms with Crippen molar-refractivity contribution >= 4 is 10.0 Å². The average molecular weight is 188 g/mol. The molecule has 0 bridgehead atoms. The third-order valence-corrected chi connectivity index (χ3v) is 1.94. The van der Waals surface area contributed by atoms with Crippen molar-refractivity contribution in [1.82, 2.24) is 0 Å². The molecule has 1 heterocycles. The van der Waals surface area contributed by atoms with Gasteiger partial charge in [-0.15, -0.1) is 0 Å². The monoisotopic (exact) mass is 188 g/mol. The molecule has 0 aliphatic carbocycles. The van der Waals surface area contributed by atoms with E-state index in [0.29, 0.717) is 10.3 Å². The first-order chi connectivity index (χ1) is 5.47. The molecule has 0 atom stereocenters. The molecule has 1 aromatic rings. The number of aromatic nitrogens is 1. The molecule has 0 radical (unpaired) electrons. The number of nitrogens with two attached hydrogens (primary N) is 1. The molecular formula is C6H8N2O3S. The molecular weight excluding hydrogens is 180 g/mol. The lowest BCUT2D eigenvalue weighted by Crippen LogP contribution is -2.26. The van der Waals surface area contributed by atoms with Gasteiger partial charge in [0, 0.05) is 11.6 Å². The minimum Gasteiger partial charge on any atom is -0.619 e. The van der Waals surface area contributed by atoms with Crippen LogP contribution in [0.15, 0.2) is 24.5 Å². The highest BCUT2D eigenvalue weighted by Gasteiger charge is 2.06. The van der Waals surface area contributed by atoms with Gasteiger partial charge in [-0.1, -0.05) is 0 Å². The summed E-state index contributed by atoms with van der Waals surface area (Å²) in [4.78, 5) is 0. The number of nitrogens with zero attached hydrogens (tertiary/aromatic N) is 1. The van der Waals surface area contributed by atoms with Crippen LogP contribution in [0.2, 0.25) is 0 Å². The number of hydrogen-bond donors (Lipinski definition) is 1. The molecule has 0 fully saturated rings. The van der Waals surface area contributed by atoms with Crippen molar-refractivity contribution < 1.29 is 13.1 Å². The van der Waals surface area contributed by atoms with E-state index in [2.05, 4.69) is 0 Å². The SMILES string of the molecule is NS(=O)(=O)Cc1ccc[n+]([O-])c1. The van der Waals surface area contributed by atoms with Crippen molar-refractivity contribution in [3.8, 4) is 0 Å². The molecule has 0 aromatic carbocycles. The molecule has 0 aliphatic rings. The van der Waals surface area contributed by atoms with Gasteiger partial charge in [-0.2, -0.15) is 4.73 Å². The Bertz CT molecular complexity index is 374. The summed E-state index contributed by atoms with van der Waals surface area (Å²) in [5, 5.41) is 15.4. The van der Waals surface area contributed by atoms with Gasteiger partial charge in [-0.05, 0) is 6.07 Å². The van der Waals surface area contributed by atoms with E-state index < -0.39 is 10.0 Å². The molecule has 0 unspecified atom stereocenters. The Morgan fingerprint density at radius 3 is 2.75 bits per heavy atom. The largest absolute Gasteiger partial charge is 0.619 e. The van der Waals surface area contributed by atoms with Crippen molar-refractivity contribution in [1.29, 1.82) is 0 Å². The maximum absolute atomic E-state index is 10.7. The van der Waals surface area contributed by atoms with Crippen LogP contribution in [-0.2, 0) is 15.8 Å². The molecule has 66 valence electrons. The van der Waals surface area contributed by atoms with E-state index in [1.807, 2.05) is 0 Å². The smallest absolute Gasteiger partial charge is 0.213 e. The lowest BCUT2D eigenvalue weighted by Gasteiger charge is -1.98. The van der Waals surface area contributed by atoms with E-state index in [0.717, 1.165) is 0 Å². The van der Waals surface area contributed by atoms with Gasteiger partial charge in [0.2, 0.25) is 10.0 Å². The highest BCUT2D eigenvalue weighted by molar-refractivity contribution is 7.88. The maximum Gasteiger partial charge on any atom is 0.213 e. The lowest BCUT2D eigenvalue weighted by atomic mass is 10.3. The summed E-state index contributed by atoms with van der Waals surface area (Å²) in [5.74, 6) is -0.309. The number of rotatable bonds is 2. The Balaban J connectivity index is 2.91. The lowest BCUT2D eigenvalue weighted by molar-refractivity contribution is -0.605. The van der Waals surface area contributed by atoms with Gasteiger partial charge in [-0.25, -0.2) is 13.6 Å². The Morgan fingerprint density at radius 2 is 2.25 bits per heavy atom. The first-order valence-electron chi connectivity index (χ1n) is 3.15. The zero-order valence-electron chi connectivity index (χ0n) is 6.17. The van der Waals surface area contributed by atoms with Gasteiger partial charge in [0.1, 0.15) is 0 Å². The van der Waals surface area contributed by atoms with E-state index in [1.165, 1.54) is 24.5 Å². The van der Waals surface area contributed by atoms with Crippen LogP contribution in [0.3, 0.4) is 0 Å². The predicted octanol–water partition coefficient (Wildman–Crippen LogP) is -0.891. The zero-order chi connectivity index (χ0) is 9.19. The Kier molecular flexibility index (Phi) is 2.30. The summed E-state index contributed by atoms with van der Waals surface area (Å²) in [7, 11) is -3.55. The van der Waals surface area contributed by atoms with Crippen LogP contribution in [-0.4, -0.2) is 8.42 Å². The second kappa shape index (κ2) is 3.08. The molecule has 1 rings (SSSR count). The van der Waals surface area contributed by atoms with Gasteiger partial charge in [0.15, 0.2) is 12.4 Å². The quantitative estimate of drug-likeness (QED) is 0.482. The van der Waals surface area contributed by atoms with Crippen molar-refractivity contribution in [2.24, 2.45) is 5.14 Å². The van der Waals surface area contributed by atoms with E-state index in [-0.39, 0.29) is 5.75 Å². The molecule has 1 aromatic heterocycles. The third kappa shape index (κ3) is 2.85. The first kappa shape index (κ1) is 8.95. The molecule has 0 spiro atoms. The second-order valence-corrected chi connectivity index (χ2v) is 3.99. The van der Waals surface area contributed by atoms with E-state index in [4.69, 9.17) is 5.14 Å². The van der Waals surface area contributed by atoms with Gasteiger partial charge >= 0.3 is 0 Å². The van der Waals surface area contributed by atoms with Gasteiger partial charge in [0.05, 0.1) is 5.75 Å². The van der Waals surface area contributed by atoms with Crippen LogP contribution in [0.1, 0.15) is 5.56 Å². The summed E-state index contributed by atoms with van der Waals surface area (Å²) >= 11 is 0. The second-order valence-electron chi connectivity index (χ2n) is 2.38. The standard InChI is InChI=1S/C6H8N2O3S/c7-12(10,11)5-6-2-1-3-8(9)4-6/h1-4H,5H2,(H2,7,10,11). The third-order valence-electron chi connectivity index (χ3n) is 1.20. The fourth-order valence-electron chi connectivity index (χ4n) is 0.819. The van der Waals surface area contributed by atoms with Crippen molar-refractivity contribution in [3.63, 3.8) is 0 Å². The van der Waals surface area contributed by atoms with E-state index in [9.17, 15) is 13.6 Å². The maximum atomic E-state index is 10.7. The van der Waals surface area contributed by atoms with Gasteiger partial charge in [-0.3, -0.25) is 0 Å². The van der Waals surface area contributed by atoms with Gasteiger partial charge in [0.25, 0.3) is 0 Å². The number of pyridine rings is 1. The summed E-state index contributed by atoms with van der Waals surface area (Å²) in [6.45, 7) is 0. The molecule has 6 heteroatoms. The highest BCUT2D eigenvalue weighted by atomic mass is 32.2. The number of sulfonamides is 1. The van der Waals surface area contributed by atoms with Crippen LogP contribution in [0.5, 0.6) is 0 Å². The average Bonchev–Trinajstić information content (AvgIpc) is 1.82. The summed E-state index contributed by atoms with van der Waals surface area (Å²) in [6.07, 6.45) is 2.44. The topological polar surface area (TPSA) is 87.1 Å². The van der Waals surface area contributed by atoms with E-state index in [1.54, 1.807) is 0 Å². The van der Waals surface area contributed by atoms with Crippen molar-refractivity contribution in [2.45, 2.75) is 5.75 Å². The Labute approximate surface area is 70.1 Å². The van der Waals surface area contributed by atoms with Crippen LogP contribution in [0.25, 0.3) is 0 Å². The fourth-order valence-corrected chi connectivity index (χ4v) is 1.45. The van der Waals surface area contributed by atoms with Crippen LogP contribution < -0.4 is 9.87 Å². The predicted molar refractivity (Wildman–Crippen MR) is 42.2 cm³/mol. The highest BCUT2D eigenvalue weighted by Crippen LogP contribution is 1.98. The number of primary sulfonamides is 1. The Morgan fingerprint density at radius 1 is 1.58 bits per heavy atom. The molecule has 5 nitrogen and oxygen atoms in total. The summed E-state index contributed by atoms with van der Waals surface area (Å²) < 4.78 is 21.7. The Hall–Kier alpha value is -1.14. The van der Waals surface area contributed by atoms with Crippen LogP contribution in [0, 0.1) is 5.21 Å². The van der Waals surface area contributed by atoms with Gasteiger partial charge < -0.3 is 5.21 Å². The van der Waals surface area contributed by atoms with Crippen molar-refractivity contribution in [2.75, 3.05) is 0 Å². The van der Waals surface area contributed by atoms with Crippen LogP contribution >= 0.6 is 0 Å². The first-order valence-corrected chi connectivity index (χ1v) is 4.87. The molecule has 0 amide bonds. The fraction of sp³-hybridized carbons (Fsp3) is 0.167. The minimum atomic E-state index is -3.55.